The number of halogens is 1. The molecular formula is C15H16BrN2O+. The zero-order valence-corrected chi connectivity index (χ0v) is 12.8. The molecule has 0 bridgehead atoms. The maximum atomic E-state index is 12.2. The fourth-order valence-corrected chi connectivity index (χ4v) is 2.32. The molecule has 19 heavy (non-hydrogen) atoms. The topological polar surface area (TPSA) is 33.0 Å². The number of pyridine rings is 1. The Kier molecular flexibility index (Phi) is 4.00. The van der Waals surface area contributed by atoms with Gasteiger partial charge < -0.3 is 0 Å². The van der Waals surface area contributed by atoms with Crippen molar-refractivity contribution >= 4 is 21.8 Å². The number of benzene rings is 1. The van der Waals surface area contributed by atoms with Crippen LogP contribution in [-0.2, 0) is 0 Å². The summed E-state index contributed by atoms with van der Waals surface area (Å²) >= 11 is 3.36. The van der Waals surface area contributed by atoms with Crippen LogP contribution < -0.4 is 10.1 Å². The van der Waals surface area contributed by atoms with Crippen molar-refractivity contribution in [1.82, 2.24) is 0 Å². The zero-order chi connectivity index (χ0) is 14.0. The van der Waals surface area contributed by atoms with Crippen molar-refractivity contribution in [2.75, 3.05) is 5.43 Å². The first-order chi connectivity index (χ1) is 8.97. The number of nitrogens with one attached hydrogen (secondary N) is 1. The van der Waals surface area contributed by atoms with Gasteiger partial charge in [-0.2, -0.15) is 0 Å². The molecule has 0 aliphatic carbocycles. The van der Waals surface area contributed by atoms with Gasteiger partial charge in [0.25, 0.3) is 0 Å². The van der Waals surface area contributed by atoms with Gasteiger partial charge in [-0.1, -0.05) is 20.6 Å². The van der Waals surface area contributed by atoms with E-state index in [0.29, 0.717) is 5.56 Å². The largest absolute Gasteiger partial charge is 0.305 e. The first kappa shape index (κ1) is 13.7. The minimum absolute atomic E-state index is 0.118. The monoisotopic (exact) mass is 319 g/mol. The summed E-state index contributed by atoms with van der Waals surface area (Å²) in [5.41, 5.74) is 6.73. The number of hydrogen-bond acceptors (Lipinski definition) is 1. The van der Waals surface area contributed by atoms with Gasteiger partial charge in [-0.15, -0.1) is 5.43 Å². The van der Waals surface area contributed by atoms with E-state index in [9.17, 15) is 4.79 Å². The Morgan fingerprint density at radius 2 is 1.58 bits per heavy atom. The molecule has 1 heterocycles. The van der Waals surface area contributed by atoms with Gasteiger partial charge in [-0.3, -0.25) is 4.79 Å². The van der Waals surface area contributed by atoms with Crippen LogP contribution >= 0.6 is 15.9 Å². The lowest BCUT2D eigenvalue weighted by atomic mass is 10.2. The van der Waals surface area contributed by atoms with Crippen LogP contribution in [0.3, 0.4) is 0 Å². The predicted octanol–water partition coefficient (Wildman–Crippen LogP) is 3.05. The fourth-order valence-electron chi connectivity index (χ4n) is 2.05. The summed E-state index contributed by atoms with van der Waals surface area (Å²) in [6.07, 6.45) is 0. The van der Waals surface area contributed by atoms with Crippen LogP contribution in [0.2, 0.25) is 0 Å². The van der Waals surface area contributed by atoms with Crippen molar-refractivity contribution < 1.29 is 9.47 Å². The molecule has 0 unspecified atom stereocenters. The summed E-state index contributed by atoms with van der Waals surface area (Å²) in [4.78, 5) is 12.2. The summed E-state index contributed by atoms with van der Waals surface area (Å²) < 4.78 is 2.76. The second-order valence-corrected chi connectivity index (χ2v) is 5.51. The van der Waals surface area contributed by atoms with E-state index in [1.165, 1.54) is 5.56 Å². The second kappa shape index (κ2) is 5.53. The number of aromatic nitrogens is 1. The molecule has 0 spiro atoms. The van der Waals surface area contributed by atoms with Crippen molar-refractivity contribution in [2.45, 2.75) is 20.8 Å². The molecule has 0 aliphatic heterocycles. The molecule has 1 aromatic heterocycles. The maximum absolute atomic E-state index is 12.2. The van der Waals surface area contributed by atoms with Crippen LogP contribution in [0.1, 0.15) is 27.3 Å². The summed E-state index contributed by atoms with van der Waals surface area (Å²) in [7, 11) is 0. The first-order valence-corrected chi connectivity index (χ1v) is 6.83. The van der Waals surface area contributed by atoms with E-state index in [4.69, 9.17) is 0 Å². The van der Waals surface area contributed by atoms with E-state index in [1.54, 1.807) is 16.8 Å². The second-order valence-electron chi connectivity index (χ2n) is 4.60. The number of carbonyl (C=O) groups excluding carboxylic acids is 1. The van der Waals surface area contributed by atoms with Crippen LogP contribution in [-0.4, -0.2) is 5.91 Å². The van der Waals surface area contributed by atoms with Gasteiger partial charge in [0.05, 0.1) is 0 Å². The Morgan fingerprint density at radius 3 is 2.11 bits per heavy atom. The van der Waals surface area contributed by atoms with E-state index < -0.39 is 0 Å². The van der Waals surface area contributed by atoms with Gasteiger partial charge in [-0.05, 0) is 36.8 Å². The Morgan fingerprint density at radius 1 is 1.05 bits per heavy atom. The molecule has 98 valence electrons. The molecule has 0 fully saturated rings. The van der Waals surface area contributed by atoms with Crippen molar-refractivity contribution in [3.05, 3.63) is 63.4 Å². The van der Waals surface area contributed by atoms with Gasteiger partial charge in [0, 0.05) is 36.0 Å². The Hall–Kier alpha value is -1.68. The Labute approximate surface area is 121 Å². The third kappa shape index (κ3) is 3.20. The van der Waals surface area contributed by atoms with E-state index in [0.717, 1.165) is 15.9 Å². The van der Waals surface area contributed by atoms with Crippen molar-refractivity contribution in [2.24, 2.45) is 0 Å². The fraction of sp³-hybridized carbons (Fsp3) is 0.200. The molecule has 1 N–H and O–H groups in total. The lowest BCUT2D eigenvalue weighted by Gasteiger charge is -2.05. The Bertz CT molecular complexity index is 598. The van der Waals surface area contributed by atoms with E-state index in [2.05, 4.69) is 21.4 Å². The molecule has 4 heteroatoms. The lowest BCUT2D eigenvalue weighted by molar-refractivity contribution is -0.654. The molecule has 2 aromatic rings. The highest BCUT2D eigenvalue weighted by Crippen LogP contribution is 2.10. The number of hydrogen-bond donors (Lipinski definition) is 1. The molecule has 1 aromatic carbocycles. The first-order valence-electron chi connectivity index (χ1n) is 6.04. The summed E-state index contributed by atoms with van der Waals surface area (Å²) in [5.74, 6) is -0.118. The van der Waals surface area contributed by atoms with E-state index in [1.807, 2.05) is 45.0 Å². The number of amides is 1. The van der Waals surface area contributed by atoms with Crippen LogP contribution in [0.5, 0.6) is 0 Å². The molecule has 2 rings (SSSR count). The predicted molar refractivity (Wildman–Crippen MR) is 78.7 cm³/mol. The van der Waals surface area contributed by atoms with Crippen molar-refractivity contribution in [3.8, 4) is 0 Å². The molecule has 0 radical (unpaired) electrons. The normalized spacial score (nSPS) is 10.3. The highest BCUT2D eigenvalue weighted by atomic mass is 79.9. The number of nitrogens with zero attached hydrogens (tertiary/aromatic N) is 1. The summed E-state index contributed by atoms with van der Waals surface area (Å²) in [6.45, 7) is 5.99. The van der Waals surface area contributed by atoms with E-state index >= 15 is 0 Å². The maximum Gasteiger partial charge on any atom is 0.305 e. The SMILES string of the molecule is Cc1cc(C)[n+](NC(=O)c2ccc(Br)cc2)c(C)c1. The quantitative estimate of drug-likeness (QED) is 0.848. The molecule has 0 saturated carbocycles. The Balaban J connectivity index is 2.26. The molecule has 3 nitrogen and oxygen atoms in total. The molecule has 0 aliphatic rings. The van der Waals surface area contributed by atoms with Crippen LogP contribution in [0.25, 0.3) is 0 Å². The molecule has 0 saturated heterocycles. The van der Waals surface area contributed by atoms with Crippen LogP contribution in [0, 0.1) is 20.8 Å². The summed E-state index contributed by atoms with van der Waals surface area (Å²) in [5, 5.41) is 0. The highest BCUT2D eigenvalue weighted by molar-refractivity contribution is 9.10. The molecule has 1 amide bonds. The third-order valence-electron chi connectivity index (χ3n) is 2.90. The zero-order valence-electron chi connectivity index (χ0n) is 11.2. The molecular weight excluding hydrogens is 304 g/mol. The average molecular weight is 320 g/mol. The van der Waals surface area contributed by atoms with Gasteiger partial charge in [-0.25, -0.2) is 0 Å². The average Bonchev–Trinajstić information content (AvgIpc) is 2.34. The van der Waals surface area contributed by atoms with Gasteiger partial charge in [0.2, 0.25) is 11.4 Å². The van der Waals surface area contributed by atoms with E-state index in [-0.39, 0.29) is 5.91 Å². The van der Waals surface area contributed by atoms with Gasteiger partial charge in [0.1, 0.15) is 0 Å². The number of aryl methyl sites for hydroxylation is 3. The minimum atomic E-state index is -0.118. The van der Waals surface area contributed by atoms with Crippen molar-refractivity contribution in [1.29, 1.82) is 0 Å². The number of rotatable bonds is 2. The smallest absolute Gasteiger partial charge is 0.264 e. The molecule has 0 atom stereocenters. The van der Waals surface area contributed by atoms with Gasteiger partial charge in [0.15, 0.2) is 0 Å². The third-order valence-corrected chi connectivity index (χ3v) is 3.43. The lowest BCUT2D eigenvalue weighted by Crippen LogP contribution is -2.52. The summed E-state index contributed by atoms with van der Waals surface area (Å²) in [6, 6.07) is 11.4. The van der Waals surface area contributed by atoms with Crippen LogP contribution in [0.15, 0.2) is 40.9 Å². The number of carbonyl (C=O) groups is 1. The van der Waals surface area contributed by atoms with Crippen molar-refractivity contribution in [3.63, 3.8) is 0 Å². The van der Waals surface area contributed by atoms with Crippen LogP contribution in [0.4, 0.5) is 0 Å². The minimum Gasteiger partial charge on any atom is -0.264 e. The highest BCUT2D eigenvalue weighted by Gasteiger charge is 2.16. The van der Waals surface area contributed by atoms with Gasteiger partial charge >= 0.3 is 5.91 Å². The standard InChI is InChI=1S/C15H15BrN2O/c1-10-8-11(2)18(12(3)9-10)17-15(19)13-4-6-14(16)7-5-13/h4-9H,1-3H3/p+1.